The van der Waals surface area contributed by atoms with Crippen molar-refractivity contribution in [3.8, 4) is 17.2 Å². The van der Waals surface area contributed by atoms with Gasteiger partial charge in [-0.25, -0.2) is 4.99 Å². The van der Waals surface area contributed by atoms with E-state index in [9.17, 15) is 4.79 Å². The molecule has 0 atom stereocenters. The molecule has 0 spiro atoms. The molecule has 3 aromatic carbocycles. The van der Waals surface area contributed by atoms with E-state index in [2.05, 4.69) is 27.6 Å². The first-order valence-electron chi connectivity index (χ1n) is 11.0. The summed E-state index contributed by atoms with van der Waals surface area (Å²) in [5, 5.41) is 0.651. The molecule has 8 heteroatoms. The Morgan fingerprint density at radius 3 is 2.37 bits per heavy atom. The number of thioether (sulfide) groups is 1. The molecule has 1 heterocycles. The van der Waals surface area contributed by atoms with Crippen LogP contribution in [0.5, 0.6) is 17.2 Å². The van der Waals surface area contributed by atoms with Gasteiger partial charge in [0, 0.05) is 10.1 Å². The van der Waals surface area contributed by atoms with E-state index in [1.54, 1.807) is 19.1 Å². The first kappa shape index (κ1) is 25.1. The van der Waals surface area contributed by atoms with Crippen molar-refractivity contribution in [2.45, 2.75) is 13.5 Å². The predicted molar refractivity (Wildman–Crippen MR) is 150 cm³/mol. The molecular formula is C27H25IN2O4S. The summed E-state index contributed by atoms with van der Waals surface area (Å²) in [5.74, 6) is 1.95. The molecule has 0 aromatic heterocycles. The molecular weight excluding hydrogens is 575 g/mol. The van der Waals surface area contributed by atoms with Crippen LogP contribution in [0.25, 0.3) is 6.08 Å². The highest BCUT2D eigenvalue weighted by atomic mass is 127. The lowest BCUT2D eigenvalue weighted by molar-refractivity contribution is -0.122. The topological polar surface area (TPSA) is 60.4 Å². The first-order valence-corrected chi connectivity index (χ1v) is 12.9. The van der Waals surface area contributed by atoms with Crippen LogP contribution in [0, 0.1) is 3.57 Å². The molecule has 180 valence electrons. The minimum atomic E-state index is -0.0669. The van der Waals surface area contributed by atoms with E-state index in [0.717, 1.165) is 22.6 Å². The van der Waals surface area contributed by atoms with Crippen molar-refractivity contribution in [2.75, 3.05) is 20.8 Å². The molecule has 1 fully saturated rings. The normalized spacial score (nSPS) is 15.7. The minimum Gasteiger partial charge on any atom is -0.497 e. The fraction of sp³-hybridized carbons (Fsp3) is 0.185. The average molecular weight is 600 g/mol. The predicted octanol–water partition coefficient (Wildman–Crippen LogP) is 6.51. The molecule has 1 aliphatic rings. The molecule has 35 heavy (non-hydrogen) atoms. The third-order valence-electron chi connectivity index (χ3n) is 5.29. The number of aliphatic imine (C=N–C) groups is 1. The Balaban J connectivity index is 1.52. The molecule has 0 radical (unpaired) electrons. The maximum absolute atomic E-state index is 13.0. The lowest BCUT2D eigenvalue weighted by atomic mass is 10.1. The maximum Gasteiger partial charge on any atom is 0.266 e. The highest BCUT2D eigenvalue weighted by molar-refractivity contribution is 14.1. The van der Waals surface area contributed by atoms with E-state index in [-0.39, 0.29) is 5.91 Å². The summed E-state index contributed by atoms with van der Waals surface area (Å²) < 4.78 is 17.9. The smallest absolute Gasteiger partial charge is 0.266 e. The number of carbonyl (C=O) groups excluding carboxylic acids is 1. The number of nitrogens with zero attached hydrogens (tertiary/aromatic N) is 2. The Morgan fingerprint density at radius 1 is 0.971 bits per heavy atom. The van der Waals surface area contributed by atoms with Gasteiger partial charge in [-0.15, -0.1) is 0 Å². The molecule has 0 N–H and O–H groups in total. The lowest BCUT2D eigenvalue weighted by Gasteiger charge is -2.12. The van der Waals surface area contributed by atoms with Crippen molar-refractivity contribution in [3.05, 3.63) is 86.3 Å². The molecule has 1 saturated heterocycles. The van der Waals surface area contributed by atoms with Gasteiger partial charge in [-0.05, 0) is 107 Å². The van der Waals surface area contributed by atoms with Crippen LogP contribution < -0.4 is 14.2 Å². The fourth-order valence-corrected chi connectivity index (χ4v) is 4.85. The molecule has 0 bridgehead atoms. The third kappa shape index (κ3) is 6.18. The van der Waals surface area contributed by atoms with E-state index in [1.165, 1.54) is 15.3 Å². The highest BCUT2D eigenvalue weighted by Gasteiger charge is 2.32. The molecule has 0 saturated carbocycles. The number of hydrogen-bond acceptors (Lipinski definition) is 6. The summed E-state index contributed by atoms with van der Waals surface area (Å²) in [6, 6.07) is 21.3. The molecule has 0 aliphatic carbocycles. The van der Waals surface area contributed by atoms with Gasteiger partial charge in [0.1, 0.15) is 12.4 Å². The largest absolute Gasteiger partial charge is 0.497 e. The molecule has 0 unspecified atom stereocenters. The van der Waals surface area contributed by atoms with Gasteiger partial charge in [0.05, 0.1) is 24.8 Å². The Labute approximate surface area is 223 Å². The van der Waals surface area contributed by atoms with Gasteiger partial charge < -0.3 is 14.2 Å². The van der Waals surface area contributed by atoms with E-state index >= 15 is 0 Å². The standard InChI is InChI=1S/C27H25IN2O4S/c1-4-30-26(31)25(35-27(30)29-21-10-12-22(32-2)13-11-21)16-19-7-14-23(24(15-19)33-3)34-17-18-5-8-20(28)9-6-18/h5-16H,4,17H2,1-3H3/b25-16+,29-27?. The zero-order chi connectivity index (χ0) is 24.8. The third-order valence-corrected chi connectivity index (χ3v) is 7.02. The van der Waals surface area contributed by atoms with Crippen LogP contribution in [0.3, 0.4) is 0 Å². The van der Waals surface area contributed by atoms with E-state index < -0.39 is 0 Å². The van der Waals surface area contributed by atoms with Crippen LogP contribution in [-0.4, -0.2) is 36.7 Å². The van der Waals surface area contributed by atoms with Gasteiger partial charge in [0.2, 0.25) is 0 Å². The Bertz CT molecular complexity index is 1260. The highest BCUT2D eigenvalue weighted by Crippen LogP contribution is 2.36. The van der Waals surface area contributed by atoms with E-state index in [0.29, 0.717) is 34.7 Å². The van der Waals surface area contributed by atoms with Gasteiger partial charge in [-0.3, -0.25) is 9.69 Å². The number of amidine groups is 1. The second-order valence-electron chi connectivity index (χ2n) is 7.58. The van der Waals surface area contributed by atoms with E-state index in [1.807, 2.05) is 79.7 Å². The zero-order valence-corrected chi connectivity index (χ0v) is 22.6. The van der Waals surface area contributed by atoms with Gasteiger partial charge in [-0.2, -0.15) is 0 Å². The van der Waals surface area contributed by atoms with Crippen LogP contribution in [-0.2, 0) is 11.4 Å². The molecule has 3 aromatic rings. The van der Waals surface area contributed by atoms with Crippen molar-refractivity contribution in [1.82, 2.24) is 4.90 Å². The Kier molecular flexibility index (Phi) is 8.35. The summed E-state index contributed by atoms with van der Waals surface area (Å²) in [5.41, 5.74) is 2.69. The lowest BCUT2D eigenvalue weighted by Crippen LogP contribution is -2.28. The van der Waals surface area contributed by atoms with Crippen LogP contribution >= 0.6 is 34.4 Å². The van der Waals surface area contributed by atoms with Crippen LogP contribution in [0.4, 0.5) is 5.69 Å². The summed E-state index contributed by atoms with van der Waals surface area (Å²) in [7, 11) is 3.23. The first-order chi connectivity index (χ1) is 17.0. The van der Waals surface area contributed by atoms with Crippen molar-refractivity contribution in [3.63, 3.8) is 0 Å². The number of benzene rings is 3. The minimum absolute atomic E-state index is 0.0669. The fourth-order valence-electron chi connectivity index (χ4n) is 3.42. The number of hydrogen-bond donors (Lipinski definition) is 0. The van der Waals surface area contributed by atoms with Crippen LogP contribution in [0.15, 0.2) is 76.6 Å². The number of rotatable bonds is 8. The Morgan fingerprint density at radius 2 is 1.71 bits per heavy atom. The number of likely N-dealkylation sites (N-methyl/N-ethyl adjacent to an activating group) is 1. The number of amides is 1. The second-order valence-corrected chi connectivity index (χ2v) is 9.83. The van der Waals surface area contributed by atoms with E-state index in [4.69, 9.17) is 14.2 Å². The van der Waals surface area contributed by atoms with Gasteiger partial charge >= 0.3 is 0 Å². The van der Waals surface area contributed by atoms with Gasteiger partial charge in [0.15, 0.2) is 16.7 Å². The quantitative estimate of drug-likeness (QED) is 0.218. The number of ether oxygens (including phenoxy) is 3. The molecule has 1 aliphatic heterocycles. The van der Waals surface area contributed by atoms with Crippen LogP contribution in [0.1, 0.15) is 18.1 Å². The summed E-state index contributed by atoms with van der Waals surface area (Å²) in [4.78, 5) is 20.0. The molecule has 1 amide bonds. The number of methoxy groups -OCH3 is 2. The maximum atomic E-state index is 13.0. The van der Waals surface area contributed by atoms with Gasteiger partial charge in [-0.1, -0.05) is 18.2 Å². The van der Waals surface area contributed by atoms with Crippen molar-refractivity contribution < 1.29 is 19.0 Å². The monoisotopic (exact) mass is 600 g/mol. The summed E-state index contributed by atoms with van der Waals surface area (Å²) >= 11 is 3.64. The zero-order valence-electron chi connectivity index (χ0n) is 19.7. The summed E-state index contributed by atoms with van der Waals surface area (Å²) in [6.45, 7) is 2.92. The SMILES string of the molecule is CCN1C(=O)/C(=C\c2ccc(OCc3ccc(I)cc3)c(OC)c2)SC1=Nc1ccc(OC)cc1. The van der Waals surface area contributed by atoms with Crippen molar-refractivity contribution in [2.24, 2.45) is 4.99 Å². The van der Waals surface area contributed by atoms with Crippen molar-refractivity contribution in [1.29, 1.82) is 0 Å². The number of carbonyl (C=O) groups is 1. The Hall–Kier alpha value is -2.98. The van der Waals surface area contributed by atoms with Crippen molar-refractivity contribution >= 4 is 57.2 Å². The number of halogens is 1. The molecule has 4 rings (SSSR count). The summed E-state index contributed by atoms with van der Waals surface area (Å²) in [6.07, 6.45) is 1.86. The van der Waals surface area contributed by atoms with Crippen LogP contribution in [0.2, 0.25) is 0 Å². The molecule has 6 nitrogen and oxygen atoms in total. The second kappa shape index (κ2) is 11.6. The average Bonchev–Trinajstić information content (AvgIpc) is 3.17. The van der Waals surface area contributed by atoms with Gasteiger partial charge in [0.25, 0.3) is 5.91 Å².